The second-order valence-electron chi connectivity index (χ2n) is 5.85. The van der Waals surface area contributed by atoms with Gasteiger partial charge in [-0.2, -0.15) is 17.9 Å². The molecule has 1 N–H and O–H groups in total. The molecule has 140 valence electrons. The molecule has 9 heteroatoms. The minimum atomic E-state index is -4.52. The molecular formula is C18H15F3N4O2. The molecule has 3 aromatic rings. The van der Waals surface area contributed by atoms with Gasteiger partial charge in [-0.3, -0.25) is 9.59 Å². The Morgan fingerprint density at radius 2 is 1.93 bits per heavy atom. The summed E-state index contributed by atoms with van der Waals surface area (Å²) >= 11 is 0. The largest absolute Gasteiger partial charge is 0.416 e. The Morgan fingerprint density at radius 1 is 1.19 bits per heavy atom. The normalized spacial score (nSPS) is 12.7. The zero-order valence-electron chi connectivity index (χ0n) is 14.2. The number of anilines is 1. The van der Waals surface area contributed by atoms with E-state index in [1.807, 2.05) is 0 Å². The van der Waals surface area contributed by atoms with Crippen LogP contribution in [0, 0.1) is 0 Å². The molecule has 2 aromatic carbocycles. The van der Waals surface area contributed by atoms with E-state index in [9.17, 15) is 22.8 Å². The van der Waals surface area contributed by atoms with Crippen LogP contribution in [0.25, 0.3) is 10.9 Å². The maximum absolute atomic E-state index is 12.8. The zero-order valence-corrected chi connectivity index (χ0v) is 14.2. The van der Waals surface area contributed by atoms with Crippen LogP contribution >= 0.6 is 0 Å². The predicted molar refractivity (Wildman–Crippen MR) is 93.2 cm³/mol. The molecule has 0 fully saturated rings. The van der Waals surface area contributed by atoms with Crippen LogP contribution in [0.15, 0.2) is 53.3 Å². The van der Waals surface area contributed by atoms with Crippen molar-refractivity contribution < 1.29 is 18.0 Å². The first-order valence-electron chi connectivity index (χ1n) is 8.13. The average molecular weight is 376 g/mol. The molecule has 0 bridgehead atoms. The molecule has 0 aliphatic carbocycles. The fourth-order valence-electron chi connectivity index (χ4n) is 2.67. The van der Waals surface area contributed by atoms with Gasteiger partial charge in [-0.1, -0.05) is 30.3 Å². The summed E-state index contributed by atoms with van der Waals surface area (Å²) in [5.41, 5.74) is -0.996. The van der Waals surface area contributed by atoms with Gasteiger partial charge in [-0.05, 0) is 36.8 Å². The molecule has 1 amide bonds. The first-order valence-corrected chi connectivity index (χ1v) is 8.13. The fourth-order valence-corrected chi connectivity index (χ4v) is 2.67. The monoisotopic (exact) mass is 376 g/mol. The van der Waals surface area contributed by atoms with E-state index in [-0.39, 0.29) is 12.1 Å². The van der Waals surface area contributed by atoms with E-state index in [1.165, 1.54) is 12.1 Å². The first kappa shape index (κ1) is 18.6. The van der Waals surface area contributed by atoms with Gasteiger partial charge in [0.2, 0.25) is 5.91 Å². The Labute approximate surface area is 151 Å². The third-order valence-corrected chi connectivity index (χ3v) is 4.03. The number of halogens is 3. The van der Waals surface area contributed by atoms with E-state index in [4.69, 9.17) is 0 Å². The number of benzene rings is 2. The highest BCUT2D eigenvalue weighted by molar-refractivity contribution is 5.93. The zero-order chi connectivity index (χ0) is 19.6. The lowest BCUT2D eigenvalue weighted by Crippen LogP contribution is -2.35. The molecular weight excluding hydrogens is 361 g/mol. The van der Waals surface area contributed by atoms with Crippen molar-refractivity contribution in [1.82, 2.24) is 15.0 Å². The maximum Gasteiger partial charge on any atom is 0.416 e. The van der Waals surface area contributed by atoms with E-state index in [2.05, 4.69) is 15.6 Å². The summed E-state index contributed by atoms with van der Waals surface area (Å²) in [4.78, 5) is 25.2. The van der Waals surface area contributed by atoms with Crippen LogP contribution in [0.4, 0.5) is 18.9 Å². The SMILES string of the molecule is CCC(C(=O)Nc1cccc(C(F)(F)F)c1)n1nnc2ccccc2c1=O. The van der Waals surface area contributed by atoms with Crippen LogP contribution in [-0.4, -0.2) is 20.9 Å². The summed E-state index contributed by atoms with van der Waals surface area (Å²) in [6, 6.07) is 9.83. The van der Waals surface area contributed by atoms with Crippen LogP contribution < -0.4 is 10.9 Å². The molecule has 1 aromatic heterocycles. The van der Waals surface area contributed by atoms with Gasteiger partial charge in [0.1, 0.15) is 11.6 Å². The Morgan fingerprint density at radius 3 is 2.63 bits per heavy atom. The lowest BCUT2D eigenvalue weighted by atomic mass is 10.1. The second-order valence-corrected chi connectivity index (χ2v) is 5.85. The van der Waals surface area contributed by atoms with Crippen molar-refractivity contribution in [3.8, 4) is 0 Å². The lowest BCUT2D eigenvalue weighted by Gasteiger charge is -2.17. The topological polar surface area (TPSA) is 76.9 Å². The standard InChI is InChI=1S/C18H15F3N4O2/c1-2-15(25-17(27)13-8-3-4-9-14(13)23-24-25)16(26)22-12-7-5-6-11(10-12)18(19,20)21/h3-10,15H,2H2,1H3,(H,22,26). The summed E-state index contributed by atoms with van der Waals surface area (Å²) in [7, 11) is 0. The van der Waals surface area contributed by atoms with Crippen molar-refractivity contribution >= 4 is 22.5 Å². The highest BCUT2D eigenvalue weighted by atomic mass is 19.4. The Bertz CT molecular complexity index is 1050. The van der Waals surface area contributed by atoms with Crippen molar-refractivity contribution in [3.05, 3.63) is 64.4 Å². The van der Waals surface area contributed by atoms with E-state index < -0.39 is 29.2 Å². The van der Waals surface area contributed by atoms with E-state index in [1.54, 1.807) is 31.2 Å². The number of fused-ring (bicyclic) bond motifs is 1. The Hall–Kier alpha value is -3.23. The molecule has 1 unspecified atom stereocenters. The van der Waals surface area contributed by atoms with Crippen LogP contribution in [0.3, 0.4) is 0 Å². The van der Waals surface area contributed by atoms with Crippen LogP contribution in [0.2, 0.25) is 0 Å². The number of hydrogen-bond donors (Lipinski definition) is 1. The number of rotatable bonds is 4. The number of nitrogens with zero attached hydrogens (tertiary/aromatic N) is 3. The molecule has 3 rings (SSSR count). The summed E-state index contributed by atoms with van der Waals surface area (Å²) in [6.45, 7) is 1.67. The van der Waals surface area contributed by atoms with Crippen molar-refractivity contribution in [2.45, 2.75) is 25.6 Å². The average Bonchev–Trinajstić information content (AvgIpc) is 2.64. The highest BCUT2D eigenvalue weighted by Crippen LogP contribution is 2.30. The number of carbonyl (C=O) groups excluding carboxylic acids is 1. The van der Waals surface area contributed by atoms with Gasteiger partial charge < -0.3 is 5.32 Å². The number of aromatic nitrogens is 3. The van der Waals surface area contributed by atoms with Crippen LogP contribution in [0.1, 0.15) is 24.9 Å². The summed E-state index contributed by atoms with van der Waals surface area (Å²) in [5.74, 6) is -0.650. The minimum Gasteiger partial charge on any atom is -0.324 e. The summed E-state index contributed by atoms with van der Waals surface area (Å²) < 4.78 is 39.4. The molecule has 0 spiro atoms. The van der Waals surface area contributed by atoms with Crippen LogP contribution in [-0.2, 0) is 11.0 Å². The number of nitrogens with one attached hydrogen (secondary N) is 1. The van der Waals surface area contributed by atoms with Crippen LogP contribution in [0.5, 0.6) is 0 Å². The molecule has 6 nitrogen and oxygen atoms in total. The fraction of sp³-hybridized carbons (Fsp3) is 0.222. The lowest BCUT2D eigenvalue weighted by molar-refractivity contribution is -0.137. The number of carbonyl (C=O) groups is 1. The number of hydrogen-bond acceptors (Lipinski definition) is 4. The number of amides is 1. The van der Waals surface area contributed by atoms with Gasteiger partial charge in [-0.25, -0.2) is 0 Å². The summed E-state index contributed by atoms with van der Waals surface area (Å²) in [5, 5.41) is 10.5. The van der Waals surface area contributed by atoms with E-state index >= 15 is 0 Å². The Balaban J connectivity index is 1.92. The van der Waals surface area contributed by atoms with Gasteiger partial charge in [-0.15, -0.1) is 5.10 Å². The van der Waals surface area contributed by atoms with E-state index in [0.29, 0.717) is 10.9 Å². The van der Waals surface area contributed by atoms with Crippen molar-refractivity contribution in [2.75, 3.05) is 5.32 Å². The van der Waals surface area contributed by atoms with Crippen molar-refractivity contribution in [1.29, 1.82) is 0 Å². The molecule has 0 radical (unpaired) electrons. The molecule has 0 aliphatic heterocycles. The first-order chi connectivity index (χ1) is 12.8. The molecule has 0 saturated carbocycles. The molecule has 27 heavy (non-hydrogen) atoms. The van der Waals surface area contributed by atoms with Gasteiger partial charge in [0, 0.05) is 5.69 Å². The highest BCUT2D eigenvalue weighted by Gasteiger charge is 2.31. The minimum absolute atomic E-state index is 0.0185. The maximum atomic E-state index is 12.8. The smallest absolute Gasteiger partial charge is 0.324 e. The predicted octanol–water partition coefficient (Wildman–Crippen LogP) is 3.40. The second kappa shape index (κ2) is 7.18. The third kappa shape index (κ3) is 3.81. The number of alkyl halides is 3. The van der Waals surface area contributed by atoms with Gasteiger partial charge in [0.15, 0.2) is 0 Å². The third-order valence-electron chi connectivity index (χ3n) is 4.03. The Kier molecular flexibility index (Phi) is 4.93. The van der Waals surface area contributed by atoms with Gasteiger partial charge in [0.25, 0.3) is 5.56 Å². The van der Waals surface area contributed by atoms with Gasteiger partial charge in [0.05, 0.1) is 10.9 Å². The molecule has 1 heterocycles. The van der Waals surface area contributed by atoms with Crippen molar-refractivity contribution in [3.63, 3.8) is 0 Å². The molecule has 1 atom stereocenters. The van der Waals surface area contributed by atoms with E-state index in [0.717, 1.165) is 16.8 Å². The quantitative estimate of drug-likeness (QED) is 0.757. The summed E-state index contributed by atoms with van der Waals surface area (Å²) in [6.07, 6.45) is -4.32. The molecule has 0 aliphatic rings. The van der Waals surface area contributed by atoms with Crippen molar-refractivity contribution in [2.24, 2.45) is 0 Å². The van der Waals surface area contributed by atoms with Gasteiger partial charge >= 0.3 is 6.18 Å². The molecule has 0 saturated heterocycles.